The summed E-state index contributed by atoms with van der Waals surface area (Å²) in [4.78, 5) is 15.2. The van der Waals surface area contributed by atoms with Gasteiger partial charge in [-0.2, -0.15) is 31.6 Å². The normalized spacial score (nSPS) is 24.7. The van der Waals surface area contributed by atoms with Crippen molar-refractivity contribution in [3.63, 3.8) is 0 Å². The zero-order valence-electron chi connectivity index (χ0n) is 23.0. The van der Waals surface area contributed by atoms with E-state index in [1.807, 2.05) is 60.7 Å². The highest BCUT2D eigenvalue weighted by Gasteiger charge is 2.60. The number of halogens is 6. The average molecular weight is 603 g/mol. The zero-order chi connectivity index (χ0) is 31.0. The summed E-state index contributed by atoms with van der Waals surface area (Å²) in [7, 11) is 0.990. The van der Waals surface area contributed by atoms with E-state index in [1.54, 1.807) is 0 Å². The van der Waals surface area contributed by atoms with Crippen molar-refractivity contribution in [3.8, 4) is 6.07 Å². The topological polar surface area (TPSA) is 62.6 Å². The van der Waals surface area contributed by atoms with Crippen molar-refractivity contribution >= 4 is 5.97 Å². The van der Waals surface area contributed by atoms with Crippen LogP contribution in [0, 0.1) is 17.2 Å². The molecule has 0 aromatic heterocycles. The molecule has 2 fully saturated rings. The third kappa shape index (κ3) is 5.86. The van der Waals surface area contributed by atoms with Crippen LogP contribution < -0.4 is 0 Å². The molecule has 0 saturated carbocycles. The van der Waals surface area contributed by atoms with Crippen LogP contribution in [0.4, 0.5) is 26.3 Å². The molecule has 5 unspecified atom stereocenters. The molecule has 2 saturated heterocycles. The van der Waals surface area contributed by atoms with Gasteiger partial charge < -0.3 is 9.47 Å². The molecule has 5 rings (SSSR count). The van der Waals surface area contributed by atoms with Crippen LogP contribution in [0.5, 0.6) is 0 Å². The summed E-state index contributed by atoms with van der Waals surface area (Å²) < 4.78 is 93.5. The molecule has 0 radical (unpaired) electrons. The van der Waals surface area contributed by atoms with Gasteiger partial charge in [-0.25, -0.2) is 4.79 Å². The van der Waals surface area contributed by atoms with Gasteiger partial charge in [0, 0.05) is 12.6 Å². The second-order valence-electron chi connectivity index (χ2n) is 10.9. The monoisotopic (exact) mass is 602 g/mol. The number of carbonyl (C=O) groups excluding carboxylic acids is 1. The van der Waals surface area contributed by atoms with E-state index in [-0.39, 0.29) is 12.1 Å². The molecule has 0 aliphatic carbocycles. The van der Waals surface area contributed by atoms with Crippen molar-refractivity contribution in [3.05, 3.63) is 107 Å². The fraction of sp³-hybridized carbons (Fsp3) is 0.375. The highest BCUT2D eigenvalue weighted by molar-refractivity contribution is 5.76. The van der Waals surface area contributed by atoms with Crippen molar-refractivity contribution in [2.24, 2.45) is 5.92 Å². The third-order valence-electron chi connectivity index (χ3n) is 8.43. The summed E-state index contributed by atoms with van der Waals surface area (Å²) in [5.41, 5.74) is -3.05. The quantitative estimate of drug-likeness (QED) is 0.208. The largest absolute Gasteiger partial charge is 0.467 e. The number of nitrogens with zero attached hydrogens (tertiary/aromatic N) is 2. The molecule has 3 aromatic carbocycles. The van der Waals surface area contributed by atoms with Gasteiger partial charge in [-0.15, -0.1) is 0 Å². The SMILES string of the molecule is COC(=O)C(OC1CCC2C(C#N)CC1(c1ccccc1)N2Cc1ccccc1)c1cc(C(F)(F)F)cc(C(F)(F)F)c1. The molecule has 0 N–H and O–H groups in total. The first-order valence-electron chi connectivity index (χ1n) is 13.7. The Bertz CT molecular complexity index is 1460. The van der Waals surface area contributed by atoms with E-state index in [2.05, 4.69) is 11.0 Å². The molecule has 11 heteroatoms. The molecule has 2 bridgehead atoms. The van der Waals surface area contributed by atoms with Crippen molar-refractivity contribution < 1.29 is 40.6 Å². The van der Waals surface area contributed by atoms with E-state index >= 15 is 0 Å². The van der Waals surface area contributed by atoms with Gasteiger partial charge in [0.05, 0.1) is 41.9 Å². The molecule has 5 atom stereocenters. The maximum atomic E-state index is 13.7. The summed E-state index contributed by atoms with van der Waals surface area (Å²) in [6, 6.07) is 21.8. The smallest absolute Gasteiger partial charge is 0.416 e. The minimum absolute atomic E-state index is 0.00455. The van der Waals surface area contributed by atoms with Crippen LogP contribution in [0.25, 0.3) is 0 Å². The molecule has 2 aliphatic rings. The summed E-state index contributed by atoms with van der Waals surface area (Å²) >= 11 is 0. The Morgan fingerprint density at radius 1 is 0.953 bits per heavy atom. The Labute approximate surface area is 244 Å². The Hall–Kier alpha value is -3.88. The second kappa shape index (κ2) is 11.7. The lowest BCUT2D eigenvalue weighted by Crippen LogP contribution is -2.57. The average Bonchev–Trinajstić information content (AvgIpc) is 3.20. The molecular formula is C32H28F6N2O3. The first-order valence-corrected chi connectivity index (χ1v) is 13.7. The Morgan fingerprint density at radius 3 is 2.07 bits per heavy atom. The van der Waals surface area contributed by atoms with Crippen LogP contribution in [0.3, 0.4) is 0 Å². The van der Waals surface area contributed by atoms with Crippen LogP contribution in [-0.4, -0.2) is 30.1 Å². The second-order valence-corrected chi connectivity index (χ2v) is 10.9. The van der Waals surface area contributed by atoms with Crippen LogP contribution in [0.1, 0.15) is 53.2 Å². The fourth-order valence-electron chi connectivity index (χ4n) is 6.55. The Balaban J connectivity index is 1.64. The van der Waals surface area contributed by atoms with Crippen molar-refractivity contribution in [2.45, 2.75) is 61.9 Å². The van der Waals surface area contributed by atoms with Crippen LogP contribution >= 0.6 is 0 Å². The van der Waals surface area contributed by atoms with E-state index in [0.29, 0.717) is 37.9 Å². The number of ether oxygens (including phenoxy) is 2. The van der Waals surface area contributed by atoms with Gasteiger partial charge in [-0.3, -0.25) is 4.90 Å². The minimum atomic E-state index is -5.11. The predicted octanol–water partition coefficient (Wildman–Crippen LogP) is 7.43. The van der Waals surface area contributed by atoms with Crippen LogP contribution in [0.2, 0.25) is 0 Å². The number of carbonyl (C=O) groups is 1. The van der Waals surface area contributed by atoms with Crippen molar-refractivity contribution in [1.29, 1.82) is 5.26 Å². The molecule has 2 aliphatic heterocycles. The summed E-state index contributed by atoms with van der Waals surface area (Å²) in [5, 5.41) is 10.1. The van der Waals surface area contributed by atoms with Gasteiger partial charge in [-0.1, -0.05) is 60.7 Å². The van der Waals surface area contributed by atoms with E-state index in [4.69, 9.17) is 9.47 Å². The number of nitriles is 1. The number of hydrogen-bond donors (Lipinski definition) is 0. The molecule has 0 amide bonds. The van der Waals surface area contributed by atoms with Gasteiger partial charge in [-0.05, 0) is 54.2 Å². The summed E-state index contributed by atoms with van der Waals surface area (Å²) in [6.07, 6.45) is -11.9. The lowest BCUT2D eigenvalue weighted by molar-refractivity contribution is -0.174. The van der Waals surface area contributed by atoms with Crippen LogP contribution in [0.15, 0.2) is 78.9 Å². The number of methoxy groups -OCH3 is 1. The van der Waals surface area contributed by atoms with Crippen molar-refractivity contribution in [2.75, 3.05) is 7.11 Å². The van der Waals surface area contributed by atoms with E-state index in [0.717, 1.165) is 18.2 Å². The van der Waals surface area contributed by atoms with Crippen LogP contribution in [-0.2, 0) is 38.7 Å². The van der Waals surface area contributed by atoms with Gasteiger partial charge >= 0.3 is 18.3 Å². The number of benzene rings is 3. The number of piperidine rings is 1. The minimum Gasteiger partial charge on any atom is -0.467 e. The lowest BCUT2D eigenvalue weighted by Gasteiger charge is -2.50. The van der Waals surface area contributed by atoms with E-state index in [1.165, 1.54) is 0 Å². The lowest BCUT2D eigenvalue weighted by atomic mass is 9.78. The third-order valence-corrected chi connectivity index (χ3v) is 8.43. The molecule has 5 nitrogen and oxygen atoms in total. The van der Waals surface area contributed by atoms with Gasteiger partial charge in [0.25, 0.3) is 0 Å². The Morgan fingerprint density at radius 2 is 1.53 bits per heavy atom. The number of rotatable bonds is 7. The molecule has 3 aromatic rings. The number of hydrogen-bond acceptors (Lipinski definition) is 5. The predicted molar refractivity (Wildman–Crippen MR) is 143 cm³/mol. The number of alkyl halides is 6. The molecular weight excluding hydrogens is 574 g/mol. The zero-order valence-corrected chi connectivity index (χ0v) is 23.0. The van der Waals surface area contributed by atoms with Gasteiger partial charge in [0.15, 0.2) is 6.10 Å². The van der Waals surface area contributed by atoms with E-state index in [9.17, 15) is 36.4 Å². The molecule has 43 heavy (non-hydrogen) atoms. The fourth-order valence-corrected chi connectivity index (χ4v) is 6.55. The van der Waals surface area contributed by atoms with Crippen molar-refractivity contribution in [1.82, 2.24) is 4.90 Å². The molecule has 2 heterocycles. The Kier molecular flexibility index (Phi) is 8.29. The van der Waals surface area contributed by atoms with Gasteiger partial charge in [0.2, 0.25) is 0 Å². The maximum absolute atomic E-state index is 13.7. The number of esters is 1. The standard InChI is InChI=1S/C32H28F6N2O3/c1-42-29(41)28(21-14-24(31(33,34)35)16-25(15-21)32(36,37)38)43-27-13-12-26-22(18-39)17-30(27,23-10-6-3-7-11-23)40(26)19-20-8-4-2-5-9-20/h2-11,14-16,22,26-28H,12-13,17,19H2,1H3. The molecule has 226 valence electrons. The summed E-state index contributed by atoms with van der Waals surface area (Å²) in [6.45, 7) is 0.406. The highest BCUT2D eigenvalue weighted by atomic mass is 19.4. The molecule has 0 spiro atoms. The highest BCUT2D eigenvalue weighted by Crippen LogP contribution is 2.55. The first kappa shape index (κ1) is 30.6. The van der Waals surface area contributed by atoms with Gasteiger partial charge in [0.1, 0.15) is 0 Å². The first-order chi connectivity index (χ1) is 20.4. The van der Waals surface area contributed by atoms with E-state index < -0.39 is 58.7 Å². The summed E-state index contributed by atoms with van der Waals surface area (Å²) in [5.74, 6) is -1.57. The number of fused-ring (bicyclic) bond motifs is 2. The maximum Gasteiger partial charge on any atom is 0.416 e.